The average molecular weight is 454 g/mol. The lowest BCUT2D eigenvalue weighted by Crippen LogP contribution is -2.43. The molecule has 1 N–H and O–H groups in total. The largest absolute Gasteiger partial charge is 0.377 e. The van der Waals surface area contributed by atoms with Crippen molar-refractivity contribution in [2.45, 2.75) is 12.5 Å². The number of anilines is 1. The summed E-state index contributed by atoms with van der Waals surface area (Å²) < 4.78 is 7.38. The lowest BCUT2D eigenvalue weighted by Gasteiger charge is -2.29. The molecule has 2 aliphatic rings. The molecule has 2 fully saturated rings. The zero-order valence-corrected chi connectivity index (χ0v) is 19.0. The molecule has 0 radical (unpaired) electrons. The van der Waals surface area contributed by atoms with E-state index in [2.05, 4.69) is 50.6 Å². The second-order valence-electron chi connectivity index (χ2n) is 8.74. The van der Waals surface area contributed by atoms with E-state index in [1.807, 2.05) is 35.3 Å². The minimum absolute atomic E-state index is 0.264. The molecule has 0 atom stereocenters. The van der Waals surface area contributed by atoms with E-state index in [9.17, 15) is 0 Å². The van der Waals surface area contributed by atoms with E-state index >= 15 is 0 Å². The molecule has 2 saturated heterocycles. The summed E-state index contributed by atoms with van der Waals surface area (Å²) >= 11 is 0. The summed E-state index contributed by atoms with van der Waals surface area (Å²) in [5.41, 5.74) is 6.18. The van der Waals surface area contributed by atoms with Gasteiger partial charge in [-0.25, -0.2) is 9.97 Å². The van der Waals surface area contributed by atoms with Crippen molar-refractivity contribution < 1.29 is 4.74 Å². The normalized spacial score (nSPS) is 16.4. The van der Waals surface area contributed by atoms with Crippen LogP contribution in [0, 0.1) is 0 Å². The fourth-order valence-electron chi connectivity index (χ4n) is 4.42. The smallest absolute Gasteiger partial charge is 0.133 e. The topological polar surface area (TPSA) is 81.0 Å². The highest BCUT2D eigenvalue weighted by Crippen LogP contribution is 2.32. The number of benzene rings is 1. The van der Waals surface area contributed by atoms with E-state index in [-0.39, 0.29) is 6.04 Å². The molecular weight excluding hydrogens is 426 g/mol. The second kappa shape index (κ2) is 9.32. The summed E-state index contributed by atoms with van der Waals surface area (Å²) in [4.78, 5) is 16.2. The molecule has 8 nitrogen and oxygen atoms in total. The zero-order valence-electron chi connectivity index (χ0n) is 19.0. The minimum Gasteiger partial charge on any atom is -0.377 e. The van der Waals surface area contributed by atoms with E-state index in [0.29, 0.717) is 19.6 Å². The van der Waals surface area contributed by atoms with E-state index in [1.54, 1.807) is 6.20 Å². The Bertz CT molecular complexity index is 1250. The highest BCUT2D eigenvalue weighted by molar-refractivity contribution is 5.78. The van der Waals surface area contributed by atoms with E-state index < -0.39 is 0 Å². The summed E-state index contributed by atoms with van der Waals surface area (Å²) in [6.45, 7) is 5.54. The molecule has 34 heavy (non-hydrogen) atoms. The summed E-state index contributed by atoms with van der Waals surface area (Å²) in [6, 6.07) is 15.0. The van der Waals surface area contributed by atoms with E-state index in [0.717, 1.165) is 54.5 Å². The highest BCUT2D eigenvalue weighted by Gasteiger charge is 2.24. The van der Waals surface area contributed by atoms with Gasteiger partial charge in [-0.15, -0.1) is 0 Å². The van der Waals surface area contributed by atoms with Gasteiger partial charge in [-0.2, -0.15) is 5.10 Å². The summed E-state index contributed by atoms with van der Waals surface area (Å²) in [5.74, 6) is 0.796. The lowest BCUT2D eigenvalue weighted by atomic mass is 10.1. The number of hydrogen-bond acceptors (Lipinski definition) is 7. The average Bonchev–Trinajstić information content (AvgIpc) is 3.29. The Balaban J connectivity index is 1.27. The zero-order chi connectivity index (χ0) is 22.7. The predicted molar refractivity (Wildman–Crippen MR) is 131 cm³/mol. The van der Waals surface area contributed by atoms with Gasteiger partial charge in [-0.05, 0) is 35.9 Å². The summed E-state index contributed by atoms with van der Waals surface area (Å²) in [5, 5.41) is 8.28. The third-order valence-electron chi connectivity index (χ3n) is 6.42. The van der Waals surface area contributed by atoms with Crippen LogP contribution in [-0.2, 0) is 11.2 Å². The van der Waals surface area contributed by atoms with Gasteiger partial charge < -0.3 is 15.0 Å². The standard InChI is InChI=1S/C26H27N7O/c1-2-20(15-28-8-1)26-23(16-33(31-26)22-17-34-18-22)24-7-9-29-25(30-24)14-19-3-5-21(6-4-19)32-12-10-27-11-13-32/h1-9,15-16,22,27H,10-14,17-18H2. The second-order valence-corrected chi connectivity index (χ2v) is 8.74. The Morgan fingerprint density at radius 1 is 1.00 bits per heavy atom. The Labute approximate surface area is 198 Å². The van der Waals surface area contributed by atoms with Gasteiger partial charge in [0.2, 0.25) is 0 Å². The van der Waals surface area contributed by atoms with Crippen molar-refractivity contribution in [3.63, 3.8) is 0 Å². The summed E-state index contributed by atoms with van der Waals surface area (Å²) in [6.07, 6.45) is 8.21. The van der Waals surface area contributed by atoms with Crippen LogP contribution in [0.5, 0.6) is 0 Å². The monoisotopic (exact) mass is 453 g/mol. The van der Waals surface area contributed by atoms with Crippen LogP contribution >= 0.6 is 0 Å². The Morgan fingerprint density at radius 3 is 2.59 bits per heavy atom. The van der Waals surface area contributed by atoms with Crippen LogP contribution in [0.1, 0.15) is 17.4 Å². The number of aromatic nitrogens is 5. The first-order valence-electron chi connectivity index (χ1n) is 11.8. The molecule has 0 unspecified atom stereocenters. The fourth-order valence-corrected chi connectivity index (χ4v) is 4.42. The van der Waals surface area contributed by atoms with Crippen molar-refractivity contribution in [3.8, 4) is 22.5 Å². The maximum Gasteiger partial charge on any atom is 0.133 e. The molecule has 0 spiro atoms. The molecule has 0 aliphatic carbocycles. The van der Waals surface area contributed by atoms with Crippen LogP contribution in [0.2, 0.25) is 0 Å². The molecule has 6 rings (SSSR count). The molecule has 5 heterocycles. The number of nitrogens with one attached hydrogen (secondary N) is 1. The first kappa shape index (κ1) is 20.9. The van der Waals surface area contributed by atoms with Gasteiger partial charge in [-0.1, -0.05) is 12.1 Å². The van der Waals surface area contributed by atoms with Crippen LogP contribution in [0.15, 0.2) is 67.3 Å². The molecule has 0 bridgehead atoms. The molecular formula is C26H27N7O. The van der Waals surface area contributed by atoms with Crippen LogP contribution < -0.4 is 10.2 Å². The number of hydrogen-bond donors (Lipinski definition) is 1. The van der Waals surface area contributed by atoms with Crippen molar-refractivity contribution in [1.29, 1.82) is 0 Å². The maximum atomic E-state index is 5.38. The van der Waals surface area contributed by atoms with Crippen LogP contribution in [-0.4, -0.2) is 64.1 Å². The van der Waals surface area contributed by atoms with Crippen molar-refractivity contribution in [1.82, 2.24) is 30.0 Å². The number of ether oxygens (including phenoxy) is 1. The quantitative estimate of drug-likeness (QED) is 0.481. The SMILES string of the molecule is c1cncc(-c2nn(C3COC3)cc2-c2ccnc(Cc3ccc(N4CCNCC4)cc3)n2)c1. The predicted octanol–water partition coefficient (Wildman–Crippen LogP) is 2.97. The molecule has 4 aromatic rings. The molecule has 8 heteroatoms. The Kier molecular flexibility index (Phi) is 5.74. The van der Waals surface area contributed by atoms with Crippen molar-refractivity contribution in [2.24, 2.45) is 0 Å². The molecule has 1 aromatic carbocycles. The number of rotatable bonds is 6. The minimum atomic E-state index is 0.264. The molecule has 172 valence electrons. The van der Waals surface area contributed by atoms with Gasteiger partial charge in [0.15, 0.2) is 0 Å². The molecule has 2 aliphatic heterocycles. The van der Waals surface area contributed by atoms with E-state index in [4.69, 9.17) is 14.8 Å². The number of piperazine rings is 1. The van der Waals surface area contributed by atoms with Gasteiger partial charge >= 0.3 is 0 Å². The lowest BCUT2D eigenvalue weighted by molar-refractivity contribution is -0.0285. The van der Waals surface area contributed by atoms with Crippen molar-refractivity contribution >= 4 is 5.69 Å². The molecule has 3 aromatic heterocycles. The third-order valence-corrected chi connectivity index (χ3v) is 6.42. The first-order chi connectivity index (χ1) is 16.8. The van der Waals surface area contributed by atoms with Gasteiger partial charge in [0.25, 0.3) is 0 Å². The van der Waals surface area contributed by atoms with Crippen molar-refractivity contribution in [3.05, 3.63) is 78.6 Å². The maximum absolute atomic E-state index is 5.38. The number of nitrogens with zero attached hydrogens (tertiary/aromatic N) is 6. The Hall–Kier alpha value is -3.62. The third kappa shape index (κ3) is 4.30. The molecule has 0 saturated carbocycles. The highest BCUT2D eigenvalue weighted by atomic mass is 16.5. The van der Waals surface area contributed by atoms with Gasteiger partial charge in [-0.3, -0.25) is 9.67 Å². The van der Waals surface area contributed by atoms with E-state index in [1.165, 1.54) is 11.3 Å². The fraction of sp³-hybridized carbons (Fsp3) is 0.308. The Morgan fingerprint density at radius 2 is 1.85 bits per heavy atom. The summed E-state index contributed by atoms with van der Waals surface area (Å²) in [7, 11) is 0. The van der Waals surface area contributed by atoms with Crippen LogP contribution in [0.3, 0.4) is 0 Å². The van der Waals surface area contributed by atoms with Crippen LogP contribution in [0.25, 0.3) is 22.5 Å². The number of pyridine rings is 1. The van der Waals surface area contributed by atoms with Crippen molar-refractivity contribution in [2.75, 3.05) is 44.3 Å². The first-order valence-corrected chi connectivity index (χ1v) is 11.8. The van der Waals surface area contributed by atoms with Gasteiger partial charge in [0.1, 0.15) is 11.5 Å². The molecule has 0 amide bonds. The van der Waals surface area contributed by atoms with Gasteiger partial charge in [0.05, 0.1) is 24.9 Å². The van der Waals surface area contributed by atoms with Crippen LogP contribution in [0.4, 0.5) is 5.69 Å². The van der Waals surface area contributed by atoms with Gasteiger partial charge in [0, 0.05) is 74.2 Å².